The van der Waals surface area contributed by atoms with Crippen molar-refractivity contribution in [2.45, 2.75) is 4.90 Å². The highest BCUT2D eigenvalue weighted by Gasteiger charge is 2.24. The molecule has 1 rings (SSSR count). The molecule has 0 radical (unpaired) electrons. The standard InChI is InChI=1S/C8H6O6S2/c9-7(10)4-2-1-3-5(8(11)12)6(4)16(13,14)15/h1-3H,(H,9,10)(H,11,12)(H,13,14,15). The highest BCUT2D eigenvalue weighted by Crippen LogP contribution is 2.21. The highest BCUT2D eigenvalue weighted by molar-refractivity contribution is 8.29. The second kappa shape index (κ2) is 4.16. The first kappa shape index (κ1) is 12.6. The van der Waals surface area contributed by atoms with E-state index in [1.807, 2.05) is 0 Å². The van der Waals surface area contributed by atoms with Crippen molar-refractivity contribution < 1.29 is 28.6 Å². The first-order chi connectivity index (χ1) is 7.25. The van der Waals surface area contributed by atoms with Crippen LogP contribution in [0.3, 0.4) is 0 Å². The van der Waals surface area contributed by atoms with E-state index in [4.69, 9.17) is 14.8 Å². The zero-order chi connectivity index (χ0) is 12.5. The zero-order valence-corrected chi connectivity index (χ0v) is 9.25. The van der Waals surface area contributed by atoms with Crippen LogP contribution in [0.25, 0.3) is 0 Å². The molecule has 8 heteroatoms. The molecule has 1 aromatic carbocycles. The lowest BCUT2D eigenvalue weighted by Crippen LogP contribution is -2.13. The van der Waals surface area contributed by atoms with Crippen LogP contribution in [0.4, 0.5) is 0 Å². The number of aromatic carboxylic acids is 2. The van der Waals surface area contributed by atoms with Gasteiger partial charge in [-0.3, -0.25) is 0 Å². The van der Waals surface area contributed by atoms with Gasteiger partial charge in [0, 0.05) is 11.2 Å². The molecule has 1 aromatic rings. The summed E-state index contributed by atoms with van der Waals surface area (Å²) in [6.07, 6.45) is 0. The molecule has 0 spiro atoms. The number of carbonyl (C=O) groups is 2. The molecular formula is C8H6O6S2. The highest BCUT2D eigenvalue weighted by atomic mass is 32.8. The first-order valence-electron chi connectivity index (χ1n) is 3.82. The zero-order valence-electron chi connectivity index (χ0n) is 7.61. The van der Waals surface area contributed by atoms with Crippen molar-refractivity contribution in [3.63, 3.8) is 0 Å². The number of carboxylic acids is 2. The van der Waals surface area contributed by atoms with Gasteiger partial charge in [-0.05, 0) is 12.1 Å². The summed E-state index contributed by atoms with van der Waals surface area (Å²) in [5.74, 6) is -3.02. The predicted octanol–water partition coefficient (Wildman–Crippen LogP) is 0.661. The summed E-state index contributed by atoms with van der Waals surface area (Å²) < 4.78 is 20.4. The fourth-order valence-corrected chi connectivity index (χ4v) is 2.56. The van der Waals surface area contributed by atoms with Crippen LogP contribution in [-0.4, -0.2) is 30.9 Å². The van der Waals surface area contributed by atoms with Crippen LogP contribution in [0.5, 0.6) is 0 Å². The topological polar surface area (TPSA) is 112 Å². The molecular weight excluding hydrogens is 256 g/mol. The van der Waals surface area contributed by atoms with Crippen LogP contribution in [-0.2, 0) is 20.0 Å². The van der Waals surface area contributed by atoms with Gasteiger partial charge in [0.2, 0.25) is 0 Å². The average Bonchev–Trinajstić information content (AvgIpc) is 2.15. The minimum Gasteiger partial charge on any atom is -0.478 e. The van der Waals surface area contributed by atoms with Gasteiger partial charge in [-0.1, -0.05) is 6.07 Å². The summed E-state index contributed by atoms with van der Waals surface area (Å²) in [5.41, 5.74) is -1.16. The Hall–Kier alpha value is -1.51. The number of benzene rings is 1. The van der Waals surface area contributed by atoms with E-state index in [1.54, 1.807) is 0 Å². The van der Waals surface area contributed by atoms with E-state index in [1.165, 1.54) is 0 Å². The summed E-state index contributed by atoms with van der Waals surface area (Å²) in [6.45, 7) is 0. The summed E-state index contributed by atoms with van der Waals surface area (Å²) in [6, 6.07) is 3.20. The van der Waals surface area contributed by atoms with Crippen molar-refractivity contribution in [1.29, 1.82) is 0 Å². The molecule has 1 unspecified atom stereocenters. The van der Waals surface area contributed by atoms with Gasteiger partial charge in [0.25, 0.3) is 0 Å². The Labute approximate surface area is 95.0 Å². The number of carboxylic acid groups (broad SMARTS) is 2. The Bertz CT molecular complexity index is 528. The lowest BCUT2D eigenvalue weighted by molar-refractivity contribution is 0.0689. The third-order valence-corrected chi connectivity index (χ3v) is 3.19. The van der Waals surface area contributed by atoms with Crippen molar-refractivity contribution >= 4 is 31.9 Å². The van der Waals surface area contributed by atoms with Crippen molar-refractivity contribution in [1.82, 2.24) is 0 Å². The average molecular weight is 262 g/mol. The van der Waals surface area contributed by atoms with Crippen LogP contribution in [0.15, 0.2) is 23.1 Å². The van der Waals surface area contributed by atoms with E-state index in [2.05, 4.69) is 11.2 Å². The SMILES string of the molecule is O=C(O)c1cccc(C(=O)O)c1S(=O)(O)=S. The lowest BCUT2D eigenvalue weighted by Gasteiger charge is -2.08. The van der Waals surface area contributed by atoms with Gasteiger partial charge in [0.1, 0.15) is 0 Å². The number of hydrogen-bond acceptors (Lipinski definition) is 4. The van der Waals surface area contributed by atoms with Gasteiger partial charge in [-0.2, -0.15) is 0 Å². The van der Waals surface area contributed by atoms with Crippen molar-refractivity contribution in [3.8, 4) is 0 Å². The summed E-state index contributed by atoms with van der Waals surface area (Å²) in [5, 5.41) is 17.5. The van der Waals surface area contributed by atoms with Crippen molar-refractivity contribution in [2.75, 3.05) is 0 Å². The van der Waals surface area contributed by atoms with Gasteiger partial charge in [-0.15, -0.1) is 0 Å². The van der Waals surface area contributed by atoms with Gasteiger partial charge in [-0.25, -0.2) is 13.8 Å². The molecule has 0 saturated heterocycles. The molecule has 6 nitrogen and oxygen atoms in total. The molecule has 0 bridgehead atoms. The fraction of sp³-hybridized carbons (Fsp3) is 0. The van der Waals surface area contributed by atoms with Gasteiger partial charge in [0.15, 0.2) is 8.77 Å². The molecule has 16 heavy (non-hydrogen) atoms. The van der Waals surface area contributed by atoms with Crippen LogP contribution in [0.2, 0.25) is 0 Å². The minimum atomic E-state index is -4.08. The summed E-state index contributed by atoms with van der Waals surface area (Å²) in [7, 11) is -4.08. The van der Waals surface area contributed by atoms with E-state index in [0.29, 0.717) is 0 Å². The minimum absolute atomic E-state index is 0.581. The summed E-state index contributed by atoms with van der Waals surface area (Å²) in [4.78, 5) is 20.8. The molecule has 0 saturated carbocycles. The Morgan fingerprint density at radius 1 is 1.12 bits per heavy atom. The predicted molar refractivity (Wildman–Crippen MR) is 56.8 cm³/mol. The molecule has 0 aliphatic rings. The number of rotatable bonds is 3. The Morgan fingerprint density at radius 2 is 1.50 bits per heavy atom. The van der Waals surface area contributed by atoms with Crippen LogP contribution in [0, 0.1) is 0 Å². The van der Waals surface area contributed by atoms with E-state index in [0.717, 1.165) is 18.2 Å². The van der Waals surface area contributed by atoms with Crippen molar-refractivity contribution in [3.05, 3.63) is 29.3 Å². The normalized spacial score (nSPS) is 14.1. The molecule has 0 heterocycles. The second-order valence-electron chi connectivity index (χ2n) is 2.77. The smallest absolute Gasteiger partial charge is 0.337 e. The maximum Gasteiger partial charge on any atom is 0.337 e. The first-order valence-corrected chi connectivity index (χ1v) is 6.26. The molecule has 3 N–H and O–H groups in total. The molecule has 0 aromatic heterocycles. The van der Waals surface area contributed by atoms with Crippen molar-refractivity contribution in [2.24, 2.45) is 0 Å². The fourth-order valence-electron chi connectivity index (χ4n) is 1.15. The van der Waals surface area contributed by atoms with Crippen LogP contribution < -0.4 is 0 Å². The summed E-state index contributed by atoms with van der Waals surface area (Å²) >= 11 is 4.22. The monoisotopic (exact) mass is 262 g/mol. The van der Waals surface area contributed by atoms with Crippen LogP contribution >= 0.6 is 0 Å². The Kier molecular flexibility index (Phi) is 3.27. The third-order valence-electron chi connectivity index (χ3n) is 1.73. The lowest BCUT2D eigenvalue weighted by atomic mass is 10.1. The quantitative estimate of drug-likeness (QED) is 0.733. The molecule has 86 valence electrons. The molecule has 0 amide bonds. The van der Waals surface area contributed by atoms with E-state index in [9.17, 15) is 13.8 Å². The molecule has 1 atom stereocenters. The maximum absolute atomic E-state index is 11.3. The largest absolute Gasteiger partial charge is 0.478 e. The Morgan fingerprint density at radius 3 is 1.75 bits per heavy atom. The van der Waals surface area contributed by atoms with Crippen LogP contribution in [0.1, 0.15) is 20.7 Å². The number of hydrogen-bond donors (Lipinski definition) is 3. The van der Waals surface area contributed by atoms with Gasteiger partial charge in [0.05, 0.1) is 16.0 Å². The Balaban J connectivity index is 3.75. The maximum atomic E-state index is 11.3. The van der Waals surface area contributed by atoms with E-state index in [-0.39, 0.29) is 0 Å². The molecule has 0 aliphatic heterocycles. The second-order valence-corrected chi connectivity index (χ2v) is 5.48. The third kappa shape index (κ3) is 2.35. The van der Waals surface area contributed by atoms with Gasteiger partial charge >= 0.3 is 11.9 Å². The molecule has 0 aliphatic carbocycles. The van der Waals surface area contributed by atoms with E-state index >= 15 is 0 Å². The molecule has 0 fully saturated rings. The van der Waals surface area contributed by atoms with E-state index < -0.39 is 36.7 Å². The van der Waals surface area contributed by atoms with Gasteiger partial charge < -0.3 is 14.8 Å².